The van der Waals surface area contributed by atoms with Gasteiger partial charge in [0.25, 0.3) is 0 Å². The van der Waals surface area contributed by atoms with Crippen LogP contribution in [0.3, 0.4) is 0 Å². The maximum absolute atomic E-state index is 12.8. The molecule has 2 aliphatic rings. The highest BCUT2D eigenvalue weighted by molar-refractivity contribution is 7.89. The summed E-state index contributed by atoms with van der Waals surface area (Å²) in [4.78, 5) is 0.295. The molecule has 0 spiro atoms. The van der Waals surface area contributed by atoms with E-state index < -0.39 is 10.0 Å². The average Bonchev–Trinajstić information content (AvgIpc) is 3.12. The molecule has 0 amide bonds. The Morgan fingerprint density at radius 2 is 2.10 bits per heavy atom. The van der Waals surface area contributed by atoms with Crippen LogP contribution in [0.15, 0.2) is 29.2 Å². The molecule has 0 bridgehead atoms. The summed E-state index contributed by atoms with van der Waals surface area (Å²) < 4.78 is 32.6. The molecular weight excluding hydrogens is 276 g/mol. The molecule has 20 heavy (non-hydrogen) atoms. The molecule has 3 rings (SSSR count). The van der Waals surface area contributed by atoms with E-state index in [0.717, 1.165) is 25.9 Å². The van der Waals surface area contributed by atoms with E-state index in [2.05, 4.69) is 0 Å². The van der Waals surface area contributed by atoms with Gasteiger partial charge in [-0.05, 0) is 43.4 Å². The van der Waals surface area contributed by atoms with E-state index in [-0.39, 0.29) is 6.04 Å². The Morgan fingerprint density at radius 1 is 1.30 bits per heavy atom. The molecule has 2 N–H and O–H groups in total. The molecule has 1 aromatic rings. The lowest BCUT2D eigenvalue weighted by atomic mass is 10.1. The summed E-state index contributed by atoms with van der Waals surface area (Å²) in [6, 6.07) is 6.70. The van der Waals surface area contributed by atoms with E-state index in [9.17, 15) is 8.42 Å². The van der Waals surface area contributed by atoms with Crippen LogP contribution in [0.5, 0.6) is 0 Å². The number of anilines is 1. The zero-order valence-electron chi connectivity index (χ0n) is 11.4. The van der Waals surface area contributed by atoms with Gasteiger partial charge in [-0.15, -0.1) is 0 Å². The third kappa shape index (κ3) is 2.82. The van der Waals surface area contributed by atoms with Crippen LogP contribution in [0.25, 0.3) is 0 Å². The maximum Gasteiger partial charge on any atom is 0.243 e. The fourth-order valence-electron chi connectivity index (χ4n) is 2.60. The monoisotopic (exact) mass is 296 g/mol. The zero-order valence-corrected chi connectivity index (χ0v) is 12.2. The molecule has 1 aliphatic carbocycles. The van der Waals surface area contributed by atoms with Gasteiger partial charge in [0.2, 0.25) is 10.0 Å². The van der Waals surface area contributed by atoms with Gasteiger partial charge in [0.15, 0.2) is 0 Å². The first kappa shape index (κ1) is 13.9. The van der Waals surface area contributed by atoms with Gasteiger partial charge in [-0.2, -0.15) is 4.31 Å². The van der Waals surface area contributed by atoms with E-state index in [1.54, 1.807) is 22.5 Å². The van der Waals surface area contributed by atoms with Crippen molar-refractivity contribution in [1.29, 1.82) is 0 Å². The van der Waals surface area contributed by atoms with Crippen molar-refractivity contribution >= 4 is 15.7 Å². The first-order chi connectivity index (χ1) is 9.57. The van der Waals surface area contributed by atoms with Gasteiger partial charge in [0.1, 0.15) is 0 Å². The lowest BCUT2D eigenvalue weighted by Gasteiger charge is -2.24. The van der Waals surface area contributed by atoms with Gasteiger partial charge >= 0.3 is 0 Å². The molecule has 1 atom stereocenters. The van der Waals surface area contributed by atoms with Gasteiger partial charge in [-0.25, -0.2) is 8.42 Å². The number of nitrogens with zero attached hydrogens (tertiary/aromatic N) is 1. The van der Waals surface area contributed by atoms with E-state index in [0.29, 0.717) is 29.7 Å². The van der Waals surface area contributed by atoms with Crippen molar-refractivity contribution in [3.05, 3.63) is 24.3 Å². The summed E-state index contributed by atoms with van der Waals surface area (Å²) >= 11 is 0. The van der Waals surface area contributed by atoms with Crippen LogP contribution in [0.1, 0.15) is 19.3 Å². The van der Waals surface area contributed by atoms with Crippen LogP contribution >= 0.6 is 0 Å². The topological polar surface area (TPSA) is 72.6 Å². The number of benzene rings is 1. The predicted octanol–water partition coefficient (Wildman–Crippen LogP) is 1.46. The summed E-state index contributed by atoms with van der Waals surface area (Å²) in [6.45, 7) is 1.96. The van der Waals surface area contributed by atoms with Gasteiger partial charge in [0.05, 0.1) is 11.5 Å². The third-order valence-electron chi connectivity index (χ3n) is 3.88. The Bertz CT molecular complexity index is 578. The van der Waals surface area contributed by atoms with Crippen LogP contribution in [-0.2, 0) is 14.8 Å². The minimum absolute atomic E-state index is 0.155. The largest absolute Gasteiger partial charge is 0.399 e. The summed E-state index contributed by atoms with van der Waals surface area (Å²) in [7, 11) is -3.45. The Kier molecular flexibility index (Phi) is 3.70. The van der Waals surface area contributed by atoms with Gasteiger partial charge < -0.3 is 10.5 Å². The Hall–Kier alpha value is -1.11. The molecule has 1 heterocycles. The van der Waals surface area contributed by atoms with Crippen LogP contribution in [0, 0.1) is 5.92 Å². The number of nitrogen functional groups attached to an aromatic ring is 1. The fraction of sp³-hybridized carbons (Fsp3) is 0.571. The Morgan fingerprint density at radius 3 is 2.70 bits per heavy atom. The number of ether oxygens (including phenoxy) is 1. The summed E-state index contributed by atoms with van der Waals surface area (Å²) in [5.74, 6) is 0.312. The first-order valence-corrected chi connectivity index (χ1v) is 8.46. The molecule has 1 aliphatic heterocycles. The van der Waals surface area contributed by atoms with Crippen LogP contribution in [0.2, 0.25) is 0 Å². The van der Waals surface area contributed by atoms with Crippen LogP contribution in [-0.4, -0.2) is 38.5 Å². The van der Waals surface area contributed by atoms with Gasteiger partial charge in [-0.1, -0.05) is 6.07 Å². The van der Waals surface area contributed by atoms with Gasteiger partial charge in [0, 0.05) is 24.9 Å². The quantitative estimate of drug-likeness (QED) is 0.835. The average molecular weight is 296 g/mol. The van der Waals surface area contributed by atoms with Gasteiger partial charge in [-0.3, -0.25) is 0 Å². The van der Waals surface area contributed by atoms with Crippen molar-refractivity contribution < 1.29 is 13.2 Å². The van der Waals surface area contributed by atoms with Crippen LogP contribution in [0.4, 0.5) is 5.69 Å². The standard InChI is InChI=1S/C14H20N2O3S/c15-12-2-1-3-14(8-12)20(17,18)16(13-4-5-13)9-11-6-7-19-10-11/h1-3,8,11,13H,4-7,9-10,15H2. The highest BCUT2D eigenvalue weighted by atomic mass is 32.2. The number of rotatable bonds is 5. The highest BCUT2D eigenvalue weighted by Gasteiger charge is 2.39. The smallest absolute Gasteiger partial charge is 0.243 e. The lowest BCUT2D eigenvalue weighted by Crippen LogP contribution is -2.37. The van der Waals surface area contributed by atoms with Crippen molar-refractivity contribution in [1.82, 2.24) is 4.31 Å². The molecule has 5 nitrogen and oxygen atoms in total. The fourth-order valence-corrected chi connectivity index (χ4v) is 4.41. The molecule has 1 aromatic carbocycles. The number of hydrogen-bond donors (Lipinski definition) is 1. The normalized spacial score (nSPS) is 23.4. The molecule has 2 fully saturated rings. The lowest BCUT2D eigenvalue weighted by molar-refractivity contribution is 0.180. The van der Waals surface area contributed by atoms with Crippen molar-refractivity contribution in [3.63, 3.8) is 0 Å². The predicted molar refractivity (Wildman–Crippen MR) is 76.7 cm³/mol. The second-order valence-corrected chi connectivity index (χ2v) is 7.50. The van der Waals surface area contributed by atoms with Crippen molar-refractivity contribution in [3.8, 4) is 0 Å². The molecule has 110 valence electrons. The third-order valence-corrected chi connectivity index (χ3v) is 5.80. The molecule has 0 aromatic heterocycles. The van der Waals surface area contributed by atoms with E-state index in [1.165, 1.54) is 6.07 Å². The Labute approximate surface area is 119 Å². The molecule has 1 saturated carbocycles. The second-order valence-electron chi connectivity index (χ2n) is 5.61. The second kappa shape index (κ2) is 5.35. The minimum atomic E-state index is -3.45. The summed E-state index contributed by atoms with van der Waals surface area (Å²) in [6.07, 6.45) is 2.85. The minimum Gasteiger partial charge on any atom is -0.399 e. The molecule has 1 unspecified atom stereocenters. The van der Waals surface area contributed by atoms with E-state index >= 15 is 0 Å². The van der Waals surface area contributed by atoms with E-state index in [4.69, 9.17) is 10.5 Å². The van der Waals surface area contributed by atoms with Crippen molar-refractivity contribution in [2.24, 2.45) is 5.92 Å². The molecule has 6 heteroatoms. The summed E-state index contributed by atoms with van der Waals surface area (Å²) in [5.41, 5.74) is 6.19. The molecule has 1 saturated heterocycles. The molecular formula is C14H20N2O3S. The SMILES string of the molecule is Nc1cccc(S(=O)(=O)N(CC2CCOC2)C2CC2)c1. The number of hydrogen-bond acceptors (Lipinski definition) is 4. The Balaban J connectivity index is 1.85. The van der Waals surface area contributed by atoms with E-state index in [1.807, 2.05) is 0 Å². The maximum atomic E-state index is 12.8. The zero-order chi connectivity index (χ0) is 14.2. The van der Waals surface area contributed by atoms with Crippen LogP contribution < -0.4 is 5.73 Å². The van der Waals surface area contributed by atoms with Crippen molar-refractivity contribution in [2.75, 3.05) is 25.5 Å². The first-order valence-electron chi connectivity index (χ1n) is 7.02. The number of nitrogens with two attached hydrogens (primary N) is 1. The summed E-state index contributed by atoms with van der Waals surface area (Å²) in [5, 5.41) is 0. The highest BCUT2D eigenvalue weighted by Crippen LogP contribution is 2.34. The van der Waals surface area contributed by atoms with Crippen molar-refractivity contribution in [2.45, 2.75) is 30.2 Å². The molecule has 0 radical (unpaired) electrons. The number of sulfonamides is 1.